The molecule has 9 heteroatoms. The number of rotatable bonds is 8. The van der Waals surface area contributed by atoms with Gasteiger partial charge in [-0.15, -0.1) is 11.3 Å². The zero-order valence-electron chi connectivity index (χ0n) is 19.7. The van der Waals surface area contributed by atoms with Gasteiger partial charge in [-0.25, -0.2) is 22.5 Å². The van der Waals surface area contributed by atoms with Gasteiger partial charge in [-0.2, -0.15) is 0 Å². The lowest BCUT2D eigenvalue weighted by Gasteiger charge is -2.33. The Labute approximate surface area is 207 Å². The van der Waals surface area contributed by atoms with Crippen molar-refractivity contribution in [3.05, 3.63) is 45.2 Å². The Kier molecular flexibility index (Phi) is 7.26. The summed E-state index contributed by atoms with van der Waals surface area (Å²) in [4.78, 5) is 24.7. The molecule has 2 fully saturated rings. The van der Waals surface area contributed by atoms with E-state index in [-0.39, 0.29) is 36.0 Å². The molecule has 2 aromatic heterocycles. The van der Waals surface area contributed by atoms with E-state index < -0.39 is 18.0 Å². The molecule has 0 atom stereocenters. The minimum absolute atomic E-state index is 0.0605. The topological polar surface area (TPSA) is 46.1 Å². The molecule has 0 radical (unpaired) electrons. The van der Waals surface area contributed by atoms with E-state index in [1.54, 1.807) is 11.3 Å². The molecule has 0 bridgehead atoms. The molecule has 3 heterocycles. The smallest absolute Gasteiger partial charge is 0.281 e. The Balaban J connectivity index is 1.05. The summed E-state index contributed by atoms with van der Waals surface area (Å²) in [7, 11) is 0. The van der Waals surface area contributed by atoms with Crippen LogP contribution in [0.5, 0.6) is 0 Å². The van der Waals surface area contributed by atoms with Gasteiger partial charge in [0.25, 0.3) is 6.43 Å². The Bertz CT molecular complexity index is 1040. The molecule has 0 spiro atoms. The molecule has 2 aromatic rings. The number of pyridine rings is 1. The van der Waals surface area contributed by atoms with Crippen LogP contribution in [0.2, 0.25) is 0 Å². The number of ketones is 1. The number of aromatic nitrogens is 2. The number of hydrogen-bond acceptors (Lipinski definition) is 5. The average molecular weight is 510 g/mol. The standard InChI is InChI=1S/C26H31F4N3OS/c27-24(28)23-19(2-1-9-31-23)21(34)12-17-5-3-16(4-6-17)7-10-33-11-8-22-20(15-33)32-25(35-22)18-13-26(29,30)14-18/h1-2,9,16-18,24H,3-8,10-15H2. The normalized spacial score (nSPS) is 24.8. The molecule has 0 N–H and O–H groups in total. The zero-order chi connectivity index (χ0) is 24.6. The number of hydrogen-bond donors (Lipinski definition) is 0. The number of fused-ring (bicyclic) bond motifs is 1. The number of halogens is 4. The van der Waals surface area contributed by atoms with Gasteiger partial charge in [-0.1, -0.05) is 12.8 Å². The van der Waals surface area contributed by atoms with Crippen LogP contribution < -0.4 is 0 Å². The summed E-state index contributed by atoms with van der Waals surface area (Å²) in [5.41, 5.74) is 0.728. The van der Waals surface area contributed by atoms with Crippen LogP contribution in [0.3, 0.4) is 0 Å². The molecular weight excluding hydrogens is 478 g/mol. The summed E-state index contributed by atoms with van der Waals surface area (Å²) in [5.74, 6) is -1.95. The fourth-order valence-electron chi connectivity index (χ4n) is 5.76. The predicted octanol–water partition coefficient (Wildman–Crippen LogP) is 6.82. The fraction of sp³-hybridized carbons (Fsp3) is 0.654. The van der Waals surface area contributed by atoms with Crippen molar-refractivity contribution in [3.8, 4) is 0 Å². The third-order valence-corrected chi connectivity index (χ3v) is 9.22. The molecule has 0 amide bonds. The molecule has 2 saturated carbocycles. The van der Waals surface area contributed by atoms with Crippen molar-refractivity contribution >= 4 is 17.1 Å². The SMILES string of the molecule is O=C(CC1CCC(CCN2CCc3sc(C4CC(F)(F)C4)nc3C2)CC1)c1cccnc1C(F)F. The first-order valence-corrected chi connectivity index (χ1v) is 13.4. The Morgan fingerprint density at radius 1 is 1.17 bits per heavy atom. The third kappa shape index (κ3) is 5.77. The molecule has 35 heavy (non-hydrogen) atoms. The fourth-order valence-corrected chi connectivity index (χ4v) is 6.93. The van der Waals surface area contributed by atoms with E-state index >= 15 is 0 Å². The van der Waals surface area contributed by atoms with Crippen molar-refractivity contribution in [1.82, 2.24) is 14.9 Å². The first-order valence-electron chi connectivity index (χ1n) is 12.6. The quantitative estimate of drug-likeness (QED) is 0.290. The Morgan fingerprint density at radius 2 is 1.91 bits per heavy atom. The number of carbonyl (C=O) groups is 1. The summed E-state index contributed by atoms with van der Waals surface area (Å²) in [5, 5.41) is 0.891. The summed E-state index contributed by atoms with van der Waals surface area (Å²) in [6.07, 6.45) is 4.81. The third-order valence-electron chi connectivity index (χ3n) is 7.90. The van der Waals surface area contributed by atoms with Crippen molar-refractivity contribution in [2.75, 3.05) is 13.1 Å². The highest BCUT2D eigenvalue weighted by Gasteiger charge is 2.47. The maximum absolute atomic E-state index is 13.2. The summed E-state index contributed by atoms with van der Waals surface area (Å²) in [6, 6.07) is 3.00. The van der Waals surface area contributed by atoms with Crippen molar-refractivity contribution in [1.29, 1.82) is 0 Å². The van der Waals surface area contributed by atoms with Gasteiger partial charge in [-0.3, -0.25) is 14.7 Å². The molecule has 0 saturated heterocycles. The molecular formula is C26H31F4N3OS. The molecule has 0 unspecified atom stereocenters. The van der Waals surface area contributed by atoms with Gasteiger partial charge in [0.15, 0.2) is 5.78 Å². The summed E-state index contributed by atoms with van der Waals surface area (Å²) in [6.45, 7) is 2.78. The summed E-state index contributed by atoms with van der Waals surface area (Å²) >= 11 is 1.63. The number of thiazole rings is 1. The number of nitrogens with zero attached hydrogens (tertiary/aromatic N) is 3. The largest absolute Gasteiger partial charge is 0.297 e. The highest BCUT2D eigenvalue weighted by molar-refractivity contribution is 7.11. The van der Waals surface area contributed by atoms with E-state index in [1.807, 2.05) is 0 Å². The van der Waals surface area contributed by atoms with Crippen molar-refractivity contribution in [2.24, 2.45) is 11.8 Å². The molecule has 0 aromatic carbocycles. The first kappa shape index (κ1) is 24.8. The first-order chi connectivity index (χ1) is 16.8. The molecule has 1 aliphatic heterocycles. The van der Waals surface area contributed by atoms with Crippen LogP contribution in [0.4, 0.5) is 17.6 Å². The van der Waals surface area contributed by atoms with Crippen LogP contribution in [0, 0.1) is 11.8 Å². The molecule has 2 aliphatic carbocycles. The lowest BCUT2D eigenvalue weighted by molar-refractivity contribution is -0.0868. The Morgan fingerprint density at radius 3 is 2.63 bits per heavy atom. The van der Waals surface area contributed by atoms with Gasteiger partial charge in [0.2, 0.25) is 5.92 Å². The van der Waals surface area contributed by atoms with E-state index in [0.717, 1.165) is 68.9 Å². The van der Waals surface area contributed by atoms with Gasteiger partial charge in [-0.05, 0) is 56.2 Å². The number of alkyl halides is 4. The average Bonchev–Trinajstić information content (AvgIpc) is 3.25. The van der Waals surface area contributed by atoms with E-state index in [4.69, 9.17) is 4.98 Å². The second-order valence-electron chi connectivity index (χ2n) is 10.4. The van der Waals surface area contributed by atoms with E-state index in [1.165, 1.54) is 23.2 Å². The van der Waals surface area contributed by atoms with Gasteiger partial charge in [0.1, 0.15) is 5.69 Å². The zero-order valence-corrected chi connectivity index (χ0v) is 20.5. The minimum Gasteiger partial charge on any atom is -0.297 e. The van der Waals surface area contributed by atoms with Crippen LogP contribution in [0.1, 0.15) is 95.3 Å². The van der Waals surface area contributed by atoms with E-state index in [0.29, 0.717) is 12.3 Å². The minimum atomic E-state index is -2.74. The summed E-state index contributed by atoms with van der Waals surface area (Å²) < 4.78 is 52.8. The molecule has 4 nitrogen and oxygen atoms in total. The molecule has 190 valence electrons. The van der Waals surface area contributed by atoms with Crippen molar-refractivity contribution in [2.45, 2.75) is 82.6 Å². The Hall–Kier alpha value is -1.87. The maximum Gasteiger partial charge on any atom is 0.281 e. The number of carbonyl (C=O) groups excluding carboxylic acids is 1. The molecule has 3 aliphatic rings. The van der Waals surface area contributed by atoms with Crippen LogP contribution in [0.15, 0.2) is 18.3 Å². The lowest BCUT2D eigenvalue weighted by atomic mass is 9.78. The van der Waals surface area contributed by atoms with Gasteiger partial charge < -0.3 is 0 Å². The maximum atomic E-state index is 13.2. The van der Waals surface area contributed by atoms with Crippen molar-refractivity contribution < 1.29 is 22.4 Å². The van der Waals surface area contributed by atoms with Crippen LogP contribution in [0.25, 0.3) is 0 Å². The van der Waals surface area contributed by atoms with Gasteiger partial charge >= 0.3 is 0 Å². The van der Waals surface area contributed by atoms with E-state index in [9.17, 15) is 22.4 Å². The van der Waals surface area contributed by atoms with Gasteiger partial charge in [0.05, 0.1) is 10.7 Å². The van der Waals surface area contributed by atoms with Crippen LogP contribution in [-0.4, -0.2) is 39.7 Å². The highest BCUT2D eigenvalue weighted by Crippen LogP contribution is 2.49. The van der Waals surface area contributed by atoms with Crippen LogP contribution >= 0.6 is 11.3 Å². The van der Waals surface area contributed by atoms with Gasteiger partial charge in [0, 0.05) is 54.9 Å². The number of Topliss-reactive ketones (excluding diaryl/α,β-unsaturated/α-hetero) is 1. The van der Waals surface area contributed by atoms with Crippen molar-refractivity contribution in [3.63, 3.8) is 0 Å². The second kappa shape index (κ2) is 10.2. The second-order valence-corrected chi connectivity index (χ2v) is 11.6. The lowest BCUT2D eigenvalue weighted by Crippen LogP contribution is -2.33. The van der Waals surface area contributed by atoms with Crippen LogP contribution in [-0.2, 0) is 13.0 Å². The van der Waals surface area contributed by atoms with E-state index in [2.05, 4.69) is 9.88 Å². The highest BCUT2D eigenvalue weighted by atomic mass is 32.1. The predicted molar refractivity (Wildman–Crippen MR) is 126 cm³/mol. The monoisotopic (exact) mass is 509 g/mol. The molecule has 5 rings (SSSR count).